The summed E-state index contributed by atoms with van der Waals surface area (Å²) < 4.78 is 44.4. The number of sulfonamides is 1. The molecule has 9 heteroatoms. The van der Waals surface area contributed by atoms with E-state index in [9.17, 15) is 18.0 Å². The van der Waals surface area contributed by atoms with Crippen molar-refractivity contribution in [3.8, 4) is 11.5 Å². The highest BCUT2D eigenvalue weighted by Crippen LogP contribution is 2.29. The van der Waals surface area contributed by atoms with Crippen molar-refractivity contribution in [1.82, 2.24) is 4.72 Å². The van der Waals surface area contributed by atoms with Crippen molar-refractivity contribution in [2.24, 2.45) is 5.92 Å². The van der Waals surface area contributed by atoms with Gasteiger partial charge in [-0.25, -0.2) is 17.9 Å². The second kappa shape index (κ2) is 10.8. The van der Waals surface area contributed by atoms with E-state index in [1.807, 2.05) is 6.92 Å². The molecule has 8 nitrogen and oxygen atoms in total. The number of nitrogens with one attached hydrogen (secondary N) is 1. The van der Waals surface area contributed by atoms with Crippen LogP contribution in [0.15, 0.2) is 47.4 Å². The predicted octanol–water partition coefficient (Wildman–Crippen LogP) is 3.60. The highest BCUT2D eigenvalue weighted by atomic mass is 32.2. The SMILES string of the molecule is COc1ccc(C(=O)COC(=O)c2ccc(OC)c(S(=O)(=O)NC3CCCCC3C)c2)cc1. The molecule has 0 radical (unpaired) electrons. The van der Waals surface area contributed by atoms with Gasteiger partial charge in [-0.3, -0.25) is 4.79 Å². The first-order chi connectivity index (χ1) is 15.7. The van der Waals surface area contributed by atoms with Crippen LogP contribution >= 0.6 is 0 Å². The van der Waals surface area contributed by atoms with Crippen molar-refractivity contribution in [3.05, 3.63) is 53.6 Å². The Morgan fingerprint density at radius 2 is 1.64 bits per heavy atom. The Hall–Kier alpha value is -2.91. The minimum Gasteiger partial charge on any atom is -0.497 e. The first kappa shape index (κ1) is 24.7. The highest BCUT2D eigenvalue weighted by molar-refractivity contribution is 7.89. The molecular weight excluding hydrogens is 446 g/mol. The van der Waals surface area contributed by atoms with E-state index in [-0.39, 0.29) is 34.0 Å². The summed E-state index contributed by atoms with van der Waals surface area (Å²) in [5.41, 5.74) is 0.378. The number of esters is 1. The lowest BCUT2D eigenvalue weighted by atomic mass is 9.87. The van der Waals surface area contributed by atoms with E-state index in [4.69, 9.17) is 14.2 Å². The van der Waals surface area contributed by atoms with Gasteiger partial charge in [0.2, 0.25) is 10.0 Å². The minimum atomic E-state index is -3.93. The van der Waals surface area contributed by atoms with Crippen LogP contribution in [0.2, 0.25) is 0 Å². The molecule has 3 rings (SSSR count). The number of hydrogen-bond donors (Lipinski definition) is 1. The molecule has 0 bridgehead atoms. The number of carbonyl (C=O) groups excluding carboxylic acids is 2. The van der Waals surface area contributed by atoms with Crippen molar-refractivity contribution in [2.75, 3.05) is 20.8 Å². The van der Waals surface area contributed by atoms with Crippen LogP contribution < -0.4 is 14.2 Å². The van der Waals surface area contributed by atoms with E-state index in [1.54, 1.807) is 24.3 Å². The van der Waals surface area contributed by atoms with Crippen LogP contribution in [0.25, 0.3) is 0 Å². The van der Waals surface area contributed by atoms with Gasteiger partial charge in [0.25, 0.3) is 0 Å². The molecule has 0 aliphatic heterocycles. The van der Waals surface area contributed by atoms with Gasteiger partial charge in [-0.2, -0.15) is 0 Å². The molecule has 0 amide bonds. The van der Waals surface area contributed by atoms with Gasteiger partial charge in [-0.05, 0) is 61.2 Å². The fraction of sp³-hybridized carbons (Fsp3) is 0.417. The van der Waals surface area contributed by atoms with Crippen LogP contribution in [0.4, 0.5) is 0 Å². The molecule has 2 unspecified atom stereocenters. The van der Waals surface area contributed by atoms with Gasteiger partial charge >= 0.3 is 5.97 Å². The van der Waals surface area contributed by atoms with Crippen LogP contribution in [-0.2, 0) is 14.8 Å². The summed E-state index contributed by atoms with van der Waals surface area (Å²) in [4.78, 5) is 24.7. The molecule has 0 aromatic heterocycles. The van der Waals surface area contributed by atoms with Crippen molar-refractivity contribution in [1.29, 1.82) is 0 Å². The molecule has 0 spiro atoms. The zero-order valence-corrected chi connectivity index (χ0v) is 19.8. The third-order valence-electron chi connectivity index (χ3n) is 5.85. The second-order valence-electron chi connectivity index (χ2n) is 8.08. The zero-order valence-electron chi connectivity index (χ0n) is 19.0. The standard InChI is InChI=1S/C24H29NO7S/c1-16-6-4-5-7-20(16)25-33(28,29)23-14-18(10-13-22(23)31-3)24(27)32-15-21(26)17-8-11-19(30-2)12-9-17/h8-14,16,20,25H,4-7,15H2,1-3H3. The molecule has 2 atom stereocenters. The highest BCUT2D eigenvalue weighted by Gasteiger charge is 2.29. The van der Waals surface area contributed by atoms with Crippen LogP contribution in [0.3, 0.4) is 0 Å². The minimum absolute atomic E-state index is 0.00963. The van der Waals surface area contributed by atoms with Gasteiger partial charge in [-0.1, -0.05) is 19.8 Å². The Labute approximate surface area is 194 Å². The Morgan fingerprint density at radius 3 is 2.27 bits per heavy atom. The molecule has 2 aromatic carbocycles. The molecule has 1 fully saturated rings. The first-order valence-electron chi connectivity index (χ1n) is 10.8. The van der Waals surface area contributed by atoms with Crippen molar-refractivity contribution >= 4 is 21.8 Å². The molecule has 1 saturated carbocycles. The molecule has 178 valence electrons. The number of hydrogen-bond acceptors (Lipinski definition) is 7. The molecule has 0 saturated heterocycles. The number of rotatable bonds is 9. The Kier molecular flexibility index (Phi) is 8.10. The molecule has 1 N–H and O–H groups in total. The normalized spacial score (nSPS) is 18.4. The number of Topliss-reactive ketones (excluding diaryl/α,β-unsaturated/α-hetero) is 1. The Morgan fingerprint density at radius 1 is 0.970 bits per heavy atom. The smallest absolute Gasteiger partial charge is 0.338 e. The van der Waals surface area contributed by atoms with Gasteiger partial charge < -0.3 is 14.2 Å². The Balaban J connectivity index is 1.73. The summed E-state index contributed by atoms with van der Waals surface area (Å²) in [5, 5.41) is 0. The van der Waals surface area contributed by atoms with E-state index in [1.165, 1.54) is 32.4 Å². The Bertz CT molecular complexity index is 1100. The summed E-state index contributed by atoms with van der Waals surface area (Å²) in [5.74, 6) is -0.248. The summed E-state index contributed by atoms with van der Waals surface area (Å²) >= 11 is 0. The van der Waals surface area contributed by atoms with Gasteiger partial charge in [0.05, 0.1) is 19.8 Å². The molecule has 1 aliphatic rings. The number of ether oxygens (including phenoxy) is 3. The van der Waals surface area contributed by atoms with Crippen molar-refractivity contribution < 1.29 is 32.2 Å². The quantitative estimate of drug-likeness (QED) is 0.436. The zero-order chi connectivity index (χ0) is 24.0. The molecule has 2 aromatic rings. The van der Waals surface area contributed by atoms with Crippen LogP contribution in [0.1, 0.15) is 53.3 Å². The average Bonchev–Trinajstić information content (AvgIpc) is 2.83. The van der Waals surface area contributed by atoms with Gasteiger partial charge in [-0.15, -0.1) is 0 Å². The third-order valence-corrected chi connectivity index (χ3v) is 7.36. The lowest BCUT2D eigenvalue weighted by Crippen LogP contribution is -2.41. The van der Waals surface area contributed by atoms with Gasteiger partial charge in [0, 0.05) is 11.6 Å². The number of methoxy groups -OCH3 is 2. The van der Waals surface area contributed by atoms with Gasteiger partial charge in [0.15, 0.2) is 12.4 Å². The summed E-state index contributed by atoms with van der Waals surface area (Å²) in [6, 6.07) is 10.3. The maximum absolute atomic E-state index is 13.1. The molecule has 33 heavy (non-hydrogen) atoms. The van der Waals surface area contributed by atoms with E-state index in [2.05, 4.69) is 4.72 Å². The fourth-order valence-corrected chi connectivity index (χ4v) is 5.42. The topological polar surface area (TPSA) is 108 Å². The van der Waals surface area contributed by atoms with Gasteiger partial charge in [0.1, 0.15) is 16.4 Å². The lowest BCUT2D eigenvalue weighted by molar-refractivity contribution is 0.0474. The van der Waals surface area contributed by atoms with Crippen LogP contribution in [0, 0.1) is 5.92 Å². The average molecular weight is 476 g/mol. The second-order valence-corrected chi connectivity index (χ2v) is 9.77. The van der Waals surface area contributed by atoms with E-state index < -0.39 is 22.6 Å². The van der Waals surface area contributed by atoms with Crippen molar-refractivity contribution in [3.63, 3.8) is 0 Å². The summed E-state index contributed by atoms with van der Waals surface area (Å²) in [7, 11) is -1.05. The van der Waals surface area contributed by atoms with Crippen LogP contribution in [-0.4, -0.2) is 47.0 Å². The summed E-state index contributed by atoms with van der Waals surface area (Å²) in [6.07, 6.45) is 3.76. The number of benzene rings is 2. The third kappa shape index (κ3) is 6.11. The number of carbonyl (C=O) groups is 2. The van der Waals surface area contributed by atoms with E-state index in [0.29, 0.717) is 11.3 Å². The largest absolute Gasteiger partial charge is 0.497 e. The monoisotopic (exact) mass is 475 g/mol. The maximum Gasteiger partial charge on any atom is 0.338 e. The first-order valence-corrected chi connectivity index (χ1v) is 12.3. The van der Waals surface area contributed by atoms with E-state index >= 15 is 0 Å². The molecular formula is C24H29NO7S. The lowest BCUT2D eigenvalue weighted by Gasteiger charge is -2.29. The fourth-order valence-electron chi connectivity index (χ4n) is 3.84. The molecule has 1 aliphatic carbocycles. The predicted molar refractivity (Wildman–Crippen MR) is 122 cm³/mol. The number of ketones is 1. The van der Waals surface area contributed by atoms with Crippen LogP contribution in [0.5, 0.6) is 11.5 Å². The van der Waals surface area contributed by atoms with E-state index in [0.717, 1.165) is 25.7 Å². The summed E-state index contributed by atoms with van der Waals surface area (Å²) in [6.45, 7) is 1.55. The van der Waals surface area contributed by atoms with Crippen molar-refractivity contribution in [2.45, 2.75) is 43.5 Å². The maximum atomic E-state index is 13.1. The molecule has 0 heterocycles.